The van der Waals surface area contributed by atoms with Crippen LogP contribution >= 0.6 is 23.2 Å². The molecule has 1 atom stereocenters. The molecule has 1 N–H and O–H groups in total. The highest BCUT2D eigenvalue weighted by atomic mass is 35.5. The van der Waals surface area contributed by atoms with Crippen LogP contribution < -0.4 is 0 Å². The molecule has 3 aromatic rings. The summed E-state index contributed by atoms with van der Waals surface area (Å²) >= 11 is 12.7. The van der Waals surface area contributed by atoms with E-state index in [1.54, 1.807) is 54.6 Å². The van der Waals surface area contributed by atoms with Crippen molar-refractivity contribution in [3.05, 3.63) is 92.5 Å². The van der Waals surface area contributed by atoms with Crippen LogP contribution in [0.4, 0.5) is 0 Å². The van der Waals surface area contributed by atoms with Crippen LogP contribution in [0, 0.1) is 6.92 Å². The van der Waals surface area contributed by atoms with Crippen LogP contribution in [0.3, 0.4) is 0 Å². The first kappa shape index (κ1) is 26.6. The molecule has 0 aliphatic carbocycles. The summed E-state index contributed by atoms with van der Waals surface area (Å²) in [6.07, 6.45) is 0. The van der Waals surface area contributed by atoms with Gasteiger partial charge in [0.1, 0.15) is 11.0 Å². The largest absolute Gasteiger partial charge is 0.507 e. The molecule has 34 heavy (non-hydrogen) atoms. The van der Waals surface area contributed by atoms with Crippen molar-refractivity contribution in [3.63, 3.8) is 0 Å². The second kappa shape index (κ2) is 9.22. The van der Waals surface area contributed by atoms with E-state index in [4.69, 9.17) is 23.2 Å². The molecule has 6 heteroatoms. The Morgan fingerprint density at radius 2 is 1.29 bits per heavy atom. The van der Waals surface area contributed by atoms with E-state index in [9.17, 15) is 13.5 Å². The fraction of sp³-hybridized carbons (Fsp3) is 0.357. The summed E-state index contributed by atoms with van der Waals surface area (Å²) in [5, 5.41) is 10.8. The minimum Gasteiger partial charge on any atom is -0.507 e. The average molecular weight is 520 g/mol. The van der Waals surface area contributed by atoms with E-state index in [1.807, 2.05) is 48.5 Å². The van der Waals surface area contributed by atoms with Gasteiger partial charge < -0.3 is 5.11 Å². The van der Waals surface area contributed by atoms with Crippen LogP contribution in [0.2, 0.25) is 10.0 Å². The predicted octanol–water partition coefficient (Wildman–Crippen LogP) is 8.17. The van der Waals surface area contributed by atoms with Gasteiger partial charge in [-0.1, -0.05) is 88.5 Å². The van der Waals surface area contributed by atoms with Crippen molar-refractivity contribution in [1.82, 2.24) is 0 Å². The van der Waals surface area contributed by atoms with E-state index in [-0.39, 0.29) is 15.7 Å². The molecule has 182 valence electrons. The van der Waals surface area contributed by atoms with Crippen molar-refractivity contribution in [2.45, 2.75) is 69.4 Å². The van der Waals surface area contributed by atoms with Gasteiger partial charge in [-0.2, -0.15) is 0 Å². The molecule has 0 heterocycles. The van der Waals surface area contributed by atoms with Gasteiger partial charge in [0.05, 0.1) is 4.90 Å². The van der Waals surface area contributed by atoms with Gasteiger partial charge in [-0.3, -0.25) is 0 Å². The highest BCUT2D eigenvalue weighted by Gasteiger charge is 2.36. The Kier molecular flexibility index (Phi) is 7.21. The molecule has 0 aliphatic heterocycles. The summed E-state index contributed by atoms with van der Waals surface area (Å²) in [6, 6.07) is 15.3. The van der Waals surface area contributed by atoms with Crippen LogP contribution in [0.15, 0.2) is 59.5 Å². The molecule has 0 fully saturated rings. The minimum absolute atomic E-state index is 0.192. The molecule has 0 spiro atoms. The Morgan fingerprint density at radius 1 is 0.794 bits per heavy atom. The summed E-state index contributed by atoms with van der Waals surface area (Å²) < 4.78 is 28.3. The maximum atomic E-state index is 14.1. The average Bonchev–Trinajstić information content (AvgIpc) is 2.69. The molecule has 0 aliphatic rings. The number of phenolic OH excluding ortho intramolecular Hbond substituents is 1. The molecule has 0 saturated carbocycles. The van der Waals surface area contributed by atoms with E-state index in [0.29, 0.717) is 27.3 Å². The molecule has 3 rings (SSSR count). The quantitative estimate of drug-likeness (QED) is 0.378. The van der Waals surface area contributed by atoms with Crippen molar-refractivity contribution in [2.24, 2.45) is 0 Å². The normalized spacial score (nSPS) is 13.7. The second-order valence-corrected chi connectivity index (χ2v) is 13.7. The van der Waals surface area contributed by atoms with Gasteiger partial charge in [0.25, 0.3) is 0 Å². The molecule has 0 aromatic heterocycles. The smallest absolute Gasteiger partial charge is 0.189 e. The molecule has 0 radical (unpaired) electrons. The Hall–Kier alpha value is -2.01. The first-order chi connectivity index (χ1) is 15.5. The van der Waals surface area contributed by atoms with Gasteiger partial charge in [-0.05, 0) is 76.4 Å². The van der Waals surface area contributed by atoms with E-state index in [2.05, 4.69) is 0 Å². The zero-order valence-corrected chi connectivity index (χ0v) is 23.0. The van der Waals surface area contributed by atoms with Crippen molar-refractivity contribution in [2.75, 3.05) is 0 Å². The third-order valence-electron chi connectivity index (χ3n) is 5.96. The topological polar surface area (TPSA) is 54.4 Å². The van der Waals surface area contributed by atoms with Crippen LogP contribution in [0.25, 0.3) is 0 Å². The Labute approximate surface area is 213 Å². The summed E-state index contributed by atoms with van der Waals surface area (Å²) in [5.74, 6) is 0.192. The summed E-state index contributed by atoms with van der Waals surface area (Å²) in [6.45, 7) is 13.9. The Balaban J connectivity index is 2.43. The number of rotatable bonds is 4. The van der Waals surface area contributed by atoms with Crippen molar-refractivity contribution in [3.8, 4) is 5.75 Å². The highest BCUT2D eigenvalue weighted by molar-refractivity contribution is 7.92. The van der Waals surface area contributed by atoms with Crippen molar-refractivity contribution in [1.29, 1.82) is 0 Å². The third kappa shape index (κ3) is 5.30. The van der Waals surface area contributed by atoms with Crippen molar-refractivity contribution < 1.29 is 13.5 Å². The fourth-order valence-electron chi connectivity index (χ4n) is 4.06. The lowest BCUT2D eigenvalue weighted by Gasteiger charge is -2.30. The maximum Gasteiger partial charge on any atom is 0.189 e. The van der Waals surface area contributed by atoms with Crippen LogP contribution in [0.1, 0.15) is 74.6 Å². The lowest BCUT2D eigenvalue weighted by molar-refractivity contribution is 0.422. The van der Waals surface area contributed by atoms with Crippen LogP contribution in [-0.4, -0.2) is 13.5 Å². The number of aromatic hydroxyl groups is 1. The van der Waals surface area contributed by atoms with Gasteiger partial charge in [0.2, 0.25) is 0 Å². The lowest BCUT2D eigenvalue weighted by atomic mass is 9.78. The molecule has 1 unspecified atom stereocenters. The molecule has 3 nitrogen and oxygen atoms in total. The monoisotopic (exact) mass is 518 g/mol. The lowest BCUT2D eigenvalue weighted by Crippen LogP contribution is -2.21. The Bertz CT molecular complexity index is 1280. The fourth-order valence-corrected chi connectivity index (χ4v) is 6.46. The number of phenols is 1. The van der Waals surface area contributed by atoms with Gasteiger partial charge in [0.15, 0.2) is 9.84 Å². The zero-order chi connectivity index (χ0) is 25.6. The third-order valence-corrected chi connectivity index (χ3v) is 8.59. The van der Waals surface area contributed by atoms with E-state index < -0.39 is 25.9 Å². The number of sulfone groups is 1. The van der Waals surface area contributed by atoms with Gasteiger partial charge in [-0.15, -0.1) is 0 Å². The molecule has 0 amide bonds. The SMILES string of the molecule is Cc1ccc(S(=O)(=O)C(c2cc(C(C)(C)C)c(O)c(C(C)(C)C)c2)c2ccc(Cl)cc2Cl)cc1. The number of hydrogen-bond donors (Lipinski definition) is 1. The molecular formula is C28H32Cl2O3S. The number of hydrogen-bond acceptors (Lipinski definition) is 3. The number of halogens is 2. The zero-order valence-electron chi connectivity index (χ0n) is 20.7. The Morgan fingerprint density at radius 3 is 1.74 bits per heavy atom. The summed E-state index contributed by atoms with van der Waals surface area (Å²) in [7, 11) is -3.91. The van der Waals surface area contributed by atoms with E-state index in [1.165, 1.54) is 0 Å². The first-order valence-corrected chi connectivity index (χ1v) is 13.5. The van der Waals surface area contributed by atoms with Crippen molar-refractivity contribution >= 4 is 33.0 Å². The summed E-state index contributed by atoms with van der Waals surface area (Å²) in [4.78, 5) is 0.205. The molecule has 0 bridgehead atoms. The molecule has 3 aromatic carbocycles. The number of aryl methyl sites for hydroxylation is 1. The van der Waals surface area contributed by atoms with Gasteiger partial charge >= 0.3 is 0 Å². The standard InChI is InChI=1S/C28H32Cl2O3S/c1-17-8-11-20(12-9-17)34(32,33)26(21-13-10-19(29)16-24(21)30)18-14-22(27(2,3)4)25(31)23(15-18)28(5,6)7/h8-16,26,31H,1-7H3. The second-order valence-electron chi connectivity index (χ2n) is 10.9. The van der Waals surface area contributed by atoms with Crippen LogP contribution in [0.5, 0.6) is 5.75 Å². The van der Waals surface area contributed by atoms with E-state index in [0.717, 1.165) is 5.56 Å². The van der Waals surface area contributed by atoms with Gasteiger partial charge in [0, 0.05) is 10.0 Å². The molecule has 0 saturated heterocycles. The minimum atomic E-state index is -3.91. The predicted molar refractivity (Wildman–Crippen MR) is 142 cm³/mol. The highest BCUT2D eigenvalue weighted by Crippen LogP contribution is 2.45. The first-order valence-electron chi connectivity index (χ1n) is 11.2. The molecular weight excluding hydrogens is 487 g/mol. The van der Waals surface area contributed by atoms with Crippen LogP contribution in [-0.2, 0) is 20.7 Å². The number of benzene rings is 3. The van der Waals surface area contributed by atoms with Gasteiger partial charge in [-0.25, -0.2) is 8.42 Å². The summed E-state index contributed by atoms with van der Waals surface area (Å²) in [5.41, 5.74) is 2.50. The van der Waals surface area contributed by atoms with E-state index >= 15 is 0 Å². The maximum absolute atomic E-state index is 14.1.